The number of hydrogen-bond acceptors (Lipinski definition) is 6. The molecule has 0 aliphatic carbocycles. The van der Waals surface area contributed by atoms with Gasteiger partial charge in [0.1, 0.15) is 34.5 Å². The fourth-order valence-electron chi connectivity index (χ4n) is 4.05. The Morgan fingerprint density at radius 2 is 2.00 bits per heavy atom. The van der Waals surface area contributed by atoms with Crippen molar-refractivity contribution in [1.82, 2.24) is 0 Å². The number of methoxy groups -OCH3 is 1. The van der Waals surface area contributed by atoms with Crippen molar-refractivity contribution in [1.29, 1.82) is 0 Å². The second kappa shape index (κ2) is 7.93. The number of allylic oxidation sites excluding steroid dienone is 2. The number of phenolic OH excluding ortho intramolecular Hbond substituents is 2. The first-order chi connectivity index (χ1) is 15.1. The van der Waals surface area contributed by atoms with Crippen LogP contribution in [0.3, 0.4) is 0 Å². The fourth-order valence-corrected chi connectivity index (χ4v) is 4.05. The van der Waals surface area contributed by atoms with E-state index in [4.69, 9.17) is 14.2 Å². The van der Waals surface area contributed by atoms with E-state index in [1.54, 1.807) is 18.2 Å². The molecule has 168 valence electrons. The van der Waals surface area contributed by atoms with E-state index in [2.05, 4.69) is 0 Å². The number of fused-ring (bicyclic) bond motifs is 2. The second-order valence-corrected chi connectivity index (χ2v) is 8.96. The van der Waals surface area contributed by atoms with Gasteiger partial charge in [0.05, 0.1) is 19.1 Å². The Hall–Kier alpha value is -3.41. The molecule has 0 bridgehead atoms. The molecule has 6 nitrogen and oxygen atoms in total. The average Bonchev–Trinajstić information content (AvgIpc) is 2.72. The van der Waals surface area contributed by atoms with Crippen LogP contribution in [0.25, 0.3) is 6.08 Å². The third-order valence-corrected chi connectivity index (χ3v) is 5.73. The number of ether oxygens (including phenoxy) is 3. The summed E-state index contributed by atoms with van der Waals surface area (Å²) >= 11 is 0. The first kappa shape index (κ1) is 21.8. The van der Waals surface area contributed by atoms with E-state index < -0.39 is 11.7 Å². The fraction of sp³-hybridized carbons (Fsp3) is 0.346. The summed E-state index contributed by atoms with van der Waals surface area (Å²) in [7, 11) is 1.48. The average molecular weight is 437 g/mol. The Bertz CT molecular complexity index is 1150. The molecule has 0 radical (unpaired) electrons. The van der Waals surface area contributed by atoms with Crippen LogP contribution in [0.1, 0.15) is 67.3 Å². The first-order valence-electron chi connectivity index (χ1n) is 10.6. The predicted octanol–water partition coefficient (Wildman–Crippen LogP) is 5.51. The van der Waals surface area contributed by atoms with Crippen LogP contribution in [0.2, 0.25) is 0 Å². The Balaban J connectivity index is 1.87. The minimum Gasteiger partial charge on any atom is -0.506 e. The molecule has 2 aliphatic heterocycles. The molecule has 0 saturated carbocycles. The van der Waals surface area contributed by atoms with Crippen LogP contribution in [0.15, 0.2) is 35.9 Å². The maximum atomic E-state index is 13.2. The number of ketones is 1. The molecule has 0 aromatic heterocycles. The highest BCUT2D eigenvalue weighted by Gasteiger charge is 2.38. The second-order valence-electron chi connectivity index (χ2n) is 8.96. The summed E-state index contributed by atoms with van der Waals surface area (Å²) in [5.41, 5.74) is 2.61. The minimum atomic E-state index is -0.609. The van der Waals surface area contributed by atoms with Gasteiger partial charge in [0.15, 0.2) is 17.3 Å². The number of hydrogen-bond donors (Lipinski definition) is 2. The predicted molar refractivity (Wildman–Crippen MR) is 122 cm³/mol. The van der Waals surface area contributed by atoms with Gasteiger partial charge in [-0.3, -0.25) is 4.79 Å². The summed E-state index contributed by atoms with van der Waals surface area (Å²) in [5.74, 6) is 0.834. The lowest BCUT2D eigenvalue weighted by Crippen LogP contribution is -2.29. The molecule has 2 N–H and O–H groups in total. The van der Waals surface area contributed by atoms with E-state index in [0.29, 0.717) is 34.8 Å². The van der Waals surface area contributed by atoms with Crippen LogP contribution in [-0.2, 0) is 6.42 Å². The van der Waals surface area contributed by atoms with Crippen LogP contribution >= 0.6 is 0 Å². The zero-order valence-corrected chi connectivity index (χ0v) is 19.0. The van der Waals surface area contributed by atoms with Gasteiger partial charge in [0.2, 0.25) is 0 Å². The molecule has 2 aromatic rings. The molecule has 0 spiro atoms. The highest BCUT2D eigenvalue weighted by atomic mass is 16.5. The number of rotatable bonds is 4. The molecule has 1 atom stereocenters. The summed E-state index contributed by atoms with van der Waals surface area (Å²) < 4.78 is 17.7. The molecule has 0 saturated heterocycles. The summed E-state index contributed by atoms with van der Waals surface area (Å²) in [6.45, 7) is 7.86. The number of benzene rings is 2. The minimum absolute atomic E-state index is 0.0277. The van der Waals surface area contributed by atoms with Crippen LogP contribution in [0.4, 0.5) is 0 Å². The molecule has 0 amide bonds. The molecule has 4 rings (SSSR count). The van der Waals surface area contributed by atoms with Gasteiger partial charge in [0.25, 0.3) is 0 Å². The van der Waals surface area contributed by atoms with Gasteiger partial charge in [-0.2, -0.15) is 0 Å². The molecule has 0 unspecified atom stereocenters. The van der Waals surface area contributed by atoms with Crippen molar-refractivity contribution in [2.24, 2.45) is 0 Å². The van der Waals surface area contributed by atoms with Crippen molar-refractivity contribution in [2.75, 3.05) is 7.11 Å². The van der Waals surface area contributed by atoms with Gasteiger partial charge in [-0.25, -0.2) is 0 Å². The zero-order chi connectivity index (χ0) is 23.2. The van der Waals surface area contributed by atoms with Crippen molar-refractivity contribution in [3.05, 3.63) is 58.2 Å². The maximum Gasteiger partial charge on any atom is 0.174 e. The normalized spacial score (nSPS) is 18.2. The number of aromatic hydroxyl groups is 2. The van der Waals surface area contributed by atoms with Gasteiger partial charge < -0.3 is 24.4 Å². The van der Waals surface area contributed by atoms with Gasteiger partial charge in [-0.1, -0.05) is 17.7 Å². The summed E-state index contributed by atoms with van der Waals surface area (Å²) in [5, 5.41) is 21.2. The Morgan fingerprint density at radius 3 is 2.66 bits per heavy atom. The molecule has 2 heterocycles. The van der Waals surface area contributed by atoms with Crippen LogP contribution in [-0.4, -0.2) is 28.7 Å². The van der Waals surface area contributed by atoms with E-state index in [0.717, 1.165) is 11.1 Å². The summed E-state index contributed by atoms with van der Waals surface area (Å²) in [6.07, 6.45) is 5.64. The van der Waals surface area contributed by atoms with E-state index >= 15 is 0 Å². The van der Waals surface area contributed by atoms with Crippen molar-refractivity contribution >= 4 is 11.9 Å². The zero-order valence-electron chi connectivity index (χ0n) is 19.0. The topological polar surface area (TPSA) is 85.2 Å². The van der Waals surface area contributed by atoms with Gasteiger partial charge in [-0.05, 0) is 64.0 Å². The Labute approximate surface area is 187 Å². The van der Waals surface area contributed by atoms with Gasteiger partial charge in [0, 0.05) is 5.56 Å². The quantitative estimate of drug-likeness (QED) is 0.615. The lowest BCUT2D eigenvalue weighted by atomic mass is 9.88. The Kier molecular flexibility index (Phi) is 5.41. The van der Waals surface area contributed by atoms with E-state index in [1.807, 2.05) is 39.8 Å². The third-order valence-electron chi connectivity index (χ3n) is 5.73. The number of phenols is 2. The van der Waals surface area contributed by atoms with Crippen molar-refractivity contribution in [3.63, 3.8) is 0 Å². The molecule has 0 fully saturated rings. The van der Waals surface area contributed by atoms with Crippen LogP contribution in [0, 0.1) is 0 Å². The summed E-state index contributed by atoms with van der Waals surface area (Å²) in [6, 6.07) is 4.94. The van der Waals surface area contributed by atoms with Crippen LogP contribution < -0.4 is 14.2 Å². The van der Waals surface area contributed by atoms with E-state index in [1.165, 1.54) is 13.2 Å². The monoisotopic (exact) mass is 436 g/mol. The molecular formula is C26H28O6. The lowest BCUT2D eigenvalue weighted by Gasteiger charge is -2.34. The lowest BCUT2D eigenvalue weighted by molar-refractivity contribution is 0.0839. The molecule has 2 aliphatic rings. The smallest absolute Gasteiger partial charge is 0.174 e. The van der Waals surface area contributed by atoms with Gasteiger partial charge in [-0.15, -0.1) is 0 Å². The number of Topliss-reactive ketones (excluding diaryl/α,β-unsaturated/α-hetero) is 1. The van der Waals surface area contributed by atoms with E-state index in [9.17, 15) is 15.0 Å². The van der Waals surface area contributed by atoms with E-state index in [-0.39, 0.29) is 29.3 Å². The summed E-state index contributed by atoms with van der Waals surface area (Å²) in [4.78, 5) is 13.2. The largest absolute Gasteiger partial charge is 0.506 e. The van der Waals surface area contributed by atoms with Crippen molar-refractivity contribution in [3.8, 4) is 28.7 Å². The SMILES string of the molecule is COc1ccc([C@@H]2CC(=O)c3c(O)c4c(c(CC=C(C)C)c3O2)OC(C)(C)C=C4)cc1O. The van der Waals surface area contributed by atoms with Crippen molar-refractivity contribution < 1.29 is 29.2 Å². The third kappa shape index (κ3) is 3.81. The highest BCUT2D eigenvalue weighted by molar-refractivity contribution is 6.05. The number of carbonyl (C=O) groups excluding carboxylic acids is 1. The first-order valence-corrected chi connectivity index (χ1v) is 10.6. The molecule has 2 aromatic carbocycles. The van der Waals surface area contributed by atoms with Gasteiger partial charge >= 0.3 is 0 Å². The Morgan fingerprint density at radius 1 is 1.25 bits per heavy atom. The van der Waals surface area contributed by atoms with Crippen molar-refractivity contribution in [2.45, 2.75) is 52.2 Å². The van der Waals surface area contributed by atoms with Crippen LogP contribution in [0.5, 0.6) is 28.7 Å². The molecular weight excluding hydrogens is 408 g/mol. The molecule has 32 heavy (non-hydrogen) atoms. The highest BCUT2D eigenvalue weighted by Crippen LogP contribution is 2.51. The number of carbonyl (C=O) groups is 1. The molecule has 6 heteroatoms. The standard InChI is InChI=1S/C26H28O6/c1-14(2)6-8-17-24-16(10-11-26(3,4)32-24)23(29)22-19(28)13-21(31-25(17)22)15-7-9-20(30-5)18(27)12-15/h6-7,9-12,21,27,29H,8,13H2,1-5H3/t21-/m0/s1. The maximum absolute atomic E-state index is 13.2.